The fourth-order valence-corrected chi connectivity index (χ4v) is 1.87. The lowest BCUT2D eigenvalue weighted by atomic mass is 10.1. The summed E-state index contributed by atoms with van der Waals surface area (Å²) in [6.45, 7) is 2.17. The van der Waals surface area contributed by atoms with E-state index in [1.165, 1.54) is 0 Å². The third-order valence-electron chi connectivity index (χ3n) is 2.69. The van der Waals surface area contributed by atoms with Gasteiger partial charge in [-0.25, -0.2) is 4.79 Å². The van der Waals surface area contributed by atoms with Gasteiger partial charge in [-0.3, -0.25) is 0 Å². The number of aromatic nitrogens is 1. The lowest BCUT2D eigenvalue weighted by Crippen LogP contribution is -2.03. The smallest absolute Gasteiger partial charge is 0.340 e. The molecule has 0 N–H and O–H groups in total. The predicted octanol–water partition coefficient (Wildman–Crippen LogP) is 2.36. The first-order valence-electron chi connectivity index (χ1n) is 5.47. The van der Waals surface area contributed by atoms with Crippen LogP contribution in [0.4, 0.5) is 0 Å². The molecule has 0 saturated heterocycles. The molecule has 0 aliphatic carbocycles. The van der Waals surface area contributed by atoms with E-state index in [9.17, 15) is 4.79 Å². The van der Waals surface area contributed by atoms with Crippen LogP contribution in [0.5, 0.6) is 5.75 Å². The number of aryl methyl sites for hydroxylation is 1. The summed E-state index contributed by atoms with van der Waals surface area (Å²) in [4.78, 5) is 11.8. The van der Waals surface area contributed by atoms with E-state index in [2.05, 4.69) is 0 Å². The van der Waals surface area contributed by atoms with Gasteiger partial charge < -0.3 is 14.0 Å². The molecule has 1 aromatic heterocycles. The number of fused-ring (bicyclic) bond motifs is 1. The fraction of sp³-hybridized carbons (Fsp3) is 0.308. The van der Waals surface area contributed by atoms with Crippen LogP contribution in [0.2, 0.25) is 0 Å². The van der Waals surface area contributed by atoms with Gasteiger partial charge in [-0.1, -0.05) is 0 Å². The zero-order valence-electron chi connectivity index (χ0n) is 10.2. The lowest BCUT2D eigenvalue weighted by Gasteiger charge is -2.02. The molecule has 4 nitrogen and oxygen atoms in total. The summed E-state index contributed by atoms with van der Waals surface area (Å²) in [6, 6.07) is 5.65. The molecular formula is C13H15NO3. The Labute approximate surface area is 99.7 Å². The van der Waals surface area contributed by atoms with E-state index in [1.807, 2.05) is 29.8 Å². The average Bonchev–Trinajstić information content (AvgIpc) is 2.66. The molecule has 0 saturated carbocycles. The number of hydrogen-bond donors (Lipinski definition) is 0. The topological polar surface area (TPSA) is 40.5 Å². The minimum atomic E-state index is -0.300. The van der Waals surface area contributed by atoms with Crippen molar-refractivity contribution < 1.29 is 14.3 Å². The van der Waals surface area contributed by atoms with Crippen molar-refractivity contribution in [3.63, 3.8) is 0 Å². The molecule has 0 fully saturated rings. The van der Waals surface area contributed by atoms with Gasteiger partial charge in [0.05, 0.1) is 19.3 Å². The van der Waals surface area contributed by atoms with E-state index >= 15 is 0 Å². The van der Waals surface area contributed by atoms with Crippen molar-refractivity contribution in [1.82, 2.24) is 4.57 Å². The summed E-state index contributed by atoms with van der Waals surface area (Å²) >= 11 is 0. The Hall–Kier alpha value is -1.97. The van der Waals surface area contributed by atoms with Gasteiger partial charge in [-0.05, 0) is 25.1 Å². The first kappa shape index (κ1) is 11.5. The molecule has 2 aromatic rings. The molecule has 0 unspecified atom stereocenters. The SMILES string of the molecule is CCOC(=O)c1cn(C)c2ccc(OC)cc12. The van der Waals surface area contributed by atoms with Gasteiger partial charge in [0, 0.05) is 24.1 Å². The largest absolute Gasteiger partial charge is 0.497 e. The van der Waals surface area contributed by atoms with Gasteiger partial charge in [-0.2, -0.15) is 0 Å². The second-order valence-electron chi connectivity index (χ2n) is 3.76. The third kappa shape index (κ3) is 1.98. The molecule has 1 aromatic carbocycles. The normalized spacial score (nSPS) is 10.5. The van der Waals surface area contributed by atoms with E-state index in [0.29, 0.717) is 12.2 Å². The Balaban J connectivity index is 2.58. The second kappa shape index (κ2) is 4.49. The molecule has 0 atom stereocenters. The zero-order valence-corrected chi connectivity index (χ0v) is 10.2. The van der Waals surface area contributed by atoms with E-state index in [1.54, 1.807) is 20.2 Å². The van der Waals surface area contributed by atoms with Crippen LogP contribution in [0.3, 0.4) is 0 Å². The molecule has 0 radical (unpaired) electrons. The predicted molar refractivity (Wildman–Crippen MR) is 65.4 cm³/mol. The van der Waals surface area contributed by atoms with Crippen molar-refractivity contribution in [3.8, 4) is 5.75 Å². The highest BCUT2D eigenvalue weighted by Crippen LogP contribution is 2.25. The number of hydrogen-bond acceptors (Lipinski definition) is 3. The van der Waals surface area contributed by atoms with Crippen LogP contribution < -0.4 is 4.74 Å². The summed E-state index contributed by atoms with van der Waals surface area (Å²) in [5, 5.41) is 0.852. The number of methoxy groups -OCH3 is 1. The molecule has 0 aliphatic heterocycles. The maximum absolute atomic E-state index is 11.8. The molecule has 1 heterocycles. The van der Waals surface area contributed by atoms with Gasteiger partial charge in [0.15, 0.2) is 0 Å². The molecule has 0 amide bonds. The van der Waals surface area contributed by atoms with Crippen molar-refractivity contribution in [3.05, 3.63) is 30.0 Å². The summed E-state index contributed by atoms with van der Waals surface area (Å²) in [5.41, 5.74) is 1.55. The maximum atomic E-state index is 11.8. The van der Waals surface area contributed by atoms with Gasteiger partial charge in [0.25, 0.3) is 0 Å². The summed E-state index contributed by atoms with van der Waals surface area (Å²) in [7, 11) is 3.51. The summed E-state index contributed by atoms with van der Waals surface area (Å²) < 4.78 is 12.1. The monoisotopic (exact) mass is 233 g/mol. The minimum Gasteiger partial charge on any atom is -0.497 e. The quantitative estimate of drug-likeness (QED) is 0.764. The molecule has 4 heteroatoms. The number of rotatable bonds is 3. The average molecular weight is 233 g/mol. The van der Waals surface area contributed by atoms with Crippen molar-refractivity contribution in [1.29, 1.82) is 0 Å². The second-order valence-corrected chi connectivity index (χ2v) is 3.76. The van der Waals surface area contributed by atoms with Gasteiger partial charge in [-0.15, -0.1) is 0 Å². The van der Waals surface area contributed by atoms with E-state index in [4.69, 9.17) is 9.47 Å². The minimum absolute atomic E-state index is 0.300. The highest BCUT2D eigenvalue weighted by Gasteiger charge is 2.15. The molecule has 2 rings (SSSR count). The van der Waals surface area contributed by atoms with Crippen LogP contribution in [0.1, 0.15) is 17.3 Å². The van der Waals surface area contributed by atoms with E-state index < -0.39 is 0 Å². The highest BCUT2D eigenvalue weighted by atomic mass is 16.5. The van der Waals surface area contributed by atoms with Crippen molar-refractivity contribution >= 4 is 16.9 Å². The molecular weight excluding hydrogens is 218 g/mol. The van der Waals surface area contributed by atoms with Crippen LogP contribution in [0, 0.1) is 0 Å². The first-order valence-corrected chi connectivity index (χ1v) is 5.47. The maximum Gasteiger partial charge on any atom is 0.340 e. The van der Waals surface area contributed by atoms with Gasteiger partial charge in [0.1, 0.15) is 5.75 Å². The summed E-state index contributed by atoms with van der Waals surface area (Å²) in [6.07, 6.45) is 1.78. The van der Waals surface area contributed by atoms with E-state index in [-0.39, 0.29) is 5.97 Å². The zero-order chi connectivity index (χ0) is 12.4. The van der Waals surface area contributed by atoms with E-state index in [0.717, 1.165) is 16.7 Å². The Kier molecular flexibility index (Phi) is 3.04. The van der Waals surface area contributed by atoms with Crippen molar-refractivity contribution in [2.75, 3.05) is 13.7 Å². The van der Waals surface area contributed by atoms with Crippen LogP contribution in [0.15, 0.2) is 24.4 Å². The van der Waals surface area contributed by atoms with Crippen LogP contribution in [-0.4, -0.2) is 24.3 Å². The Morgan fingerprint density at radius 1 is 1.41 bits per heavy atom. The number of esters is 1. The molecule has 0 spiro atoms. The molecule has 0 bridgehead atoms. The number of carbonyl (C=O) groups is 1. The molecule has 0 aliphatic rings. The van der Waals surface area contributed by atoms with Crippen LogP contribution >= 0.6 is 0 Å². The van der Waals surface area contributed by atoms with Crippen molar-refractivity contribution in [2.24, 2.45) is 7.05 Å². The third-order valence-corrected chi connectivity index (χ3v) is 2.69. The molecule has 17 heavy (non-hydrogen) atoms. The Bertz CT molecular complexity index is 557. The number of carbonyl (C=O) groups excluding carboxylic acids is 1. The van der Waals surface area contributed by atoms with Crippen LogP contribution in [-0.2, 0) is 11.8 Å². The summed E-state index contributed by atoms with van der Waals surface area (Å²) in [5.74, 6) is 0.431. The lowest BCUT2D eigenvalue weighted by molar-refractivity contribution is 0.0528. The van der Waals surface area contributed by atoms with Gasteiger partial charge >= 0.3 is 5.97 Å². The van der Waals surface area contributed by atoms with Gasteiger partial charge in [0.2, 0.25) is 0 Å². The van der Waals surface area contributed by atoms with Crippen LogP contribution in [0.25, 0.3) is 10.9 Å². The highest BCUT2D eigenvalue weighted by molar-refractivity contribution is 6.04. The standard InChI is InChI=1S/C13H15NO3/c1-4-17-13(15)11-8-14(2)12-6-5-9(16-3)7-10(11)12/h5-8H,4H2,1-3H3. The Morgan fingerprint density at radius 2 is 2.18 bits per heavy atom. The number of ether oxygens (including phenoxy) is 2. The molecule has 90 valence electrons. The number of nitrogens with zero attached hydrogens (tertiary/aromatic N) is 1. The first-order chi connectivity index (χ1) is 8.17. The fourth-order valence-electron chi connectivity index (χ4n) is 1.87. The number of benzene rings is 1. The van der Waals surface area contributed by atoms with Crippen molar-refractivity contribution in [2.45, 2.75) is 6.92 Å². The Morgan fingerprint density at radius 3 is 2.82 bits per heavy atom.